The summed E-state index contributed by atoms with van der Waals surface area (Å²) in [7, 11) is 0. The molecule has 21 heavy (non-hydrogen) atoms. The van der Waals surface area contributed by atoms with E-state index in [4.69, 9.17) is 4.74 Å². The number of urea groups is 1. The highest BCUT2D eigenvalue weighted by Crippen LogP contribution is 2.30. The summed E-state index contributed by atoms with van der Waals surface area (Å²) in [5, 5.41) is 4.34. The van der Waals surface area contributed by atoms with Crippen molar-refractivity contribution in [2.24, 2.45) is 0 Å². The van der Waals surface area contributed by atoms with Crippen LogP contribution in [0.2, 0.25) is 0 Å². The fourth-order valence-corrected chi connectivity index (χ4v) is 3.77. The van der Waals surface area contributed by atoms with Crippen molar-refractivity contribution in [2.45, 2.75) is 25.7 Å². The number of thiophene rings is 1. The van der Waals surface area contributed by atoms with Gasteiger partial charge in [-0.15, -0.1) is 11.3 Å². The van der Waals surface area contributed by atoms with Gasteiger partial charge in [-0.25, -0.2) is 9.59 Å². The summed E-state index contributed by atoms with van der Waals surface area (Å²) in [6.45, 7) is 0.372. The molecule has 0 radical (unpaired) electrons. The van der Waals surface area contributed by atoms with Gasteiger partial charge in [-0.05, 0) is 31.2 Å². The first-order valence-corrected chi connectivity index (χ1v) is 7.89. The number of esters is 1. The molecular formula is C14H16N2O4S. The lowest BCUT2D eigenvalue weighted by Crippen LogP contribution is -2.37. The maximum Gasteiger partial charge on any atom is 0.339 e. The molecule has 1 aliphatic carbocycles. The van der Waals surface area contributed by atoms with Crippen LogP contribution in [-0.2, 0) is 22.4 Å². The van der Waals surface area contributed by atoms with Crippen LogP contribution in [0.25, 0.3) is 0 Å². The van der Waals surface area contributed by atoms with Crippen LogP contribution in [-0.4, -0.2) is 42.5 Å². The lowest BCUT2D eigenvalue weighted by atomic mass is 9.96. The van der Waals surface area contributed by atoms with E-state index < -0.39 is 24.5 Å². The summed E-state index contributed by atoms with van der Waals surface area (Å²) in [5.41, 5.74) is 1.65. The lowest BCUT2D eigenvalue weighted by Gasteiger charge is -2.14. The molecule has 0 saturated carbocycles. The molecule has 2 aliphatic rings. The van der Waals surface area contributed by atoms with E-state index in [0.717, 1.165) is 36.1 Å². The van der Waals surface area contributed by atoms with Gasteiger partial charge < -0.3 is 10.1 Å². The van der Waals surface area contributed by atoms with Gasteiger partial charge in [-0.3, -0.25) is 9.69 Å². The first kappa shape index (κ1) is 14.1. The average Bonchev–Trinajstić information content (AvgIpc) is 3.10. The SMILES string of the molecule is O=C(OCC(=O)N1CCNC1=O)c1csc2c1CCCC2. The number of hydrogen-bond acceptors (Lipinski definition) is 5. The summed E-state index contributed by atoms with van der Waals surface area (Å²) in [5.74, 6) is -0.954. The van der Waals surface area contributed by atoms with Crippen molar-refractivity contribution in [1.82, 2.24) is 10.2 Å². The average molecular weight is 308 g/mol. The molecule has 1 saturated heterocycles. The number of nitrogens with zero attached hydrogens (tertiary/aromatic N) is 1. The molecule has 3 amide bonds. The fourth-order valence-electron chi connectivity index (χ4n) is 2.66. The number of imide groups is 1. The van der Waals surface area contributed by atoms with Gasteiger partial charge in [0.2, 0.25) is 0 Å². The molecule has 7 heteroatoms. The Morgan fingerprint density at radius 1 is 1.33 bits per heavy atom. The molecule has 0 unspecified atom stereocenters. The maximum absolute atomic E-state index is 12.1. The van der Waals surface area contributed by atoms with Gasteiger partial charge in [0.05, 0.1) is 5.56 Å². The summed E-state index contributed by atoms with van der Waals surface area (Å²) < 4.78 is 5.07. The zero-order chi connectivity index (χ0) is 14.8. The quantitative estimate of drug-likeness (QED) is 0.855. The van der Waals surface area contributed by atoms with Crippen LogP contribution < -0.4 is 5.32 Å². The number of rotatable bonds is 3. The number of aryl methyl sites for hydroxylation is 1. The highest BCUT2D eigenvalue weighted by molar-refractivity contribution is 7.10. The van der Waals surface area contributed by atoms with Gasteiger partial charge in [0.1, 0.15) is 0 Å². The Labute approximate surface area is 126 Å². The lowest BCUT2D eigenvalue weighted by molar-refractivity contribution is -0.130. The normalized spacial score (nSPS) is 17.3. The zero-order valence-electron chi connectivity index (χ0n) is 11.5. The van der Waals surface area contributed by atoms with Crippen LogP contribution in [0.4, 0.5) is 4.79 Å². The third-order valence-electron chi connectivity index (χ3n) is 3.77. The first-order chi connectivity index (χ1) is 10.2. The Hall–Kier alpha value is -1.89. The van der Waals surface area contributed by atoms with E-state index in [1.807, 2.05) is 5.38 Å². The van der Waals surface area contributed by atoms with E-state index in [9.17, 15) is 14.4 Å². The van der Waals surface area contributed by atoms with Crippen LogP contribution in [0.5, 0.6) is 0 Å². The predicted octanol–water partition coefficient (Wildman–Crippen LogP) is 1.34. The number of carbonyl (C=O) groups excluding carboxylic acids is 3. The molecule has 1 fully saturated rings. The number of amides is 3. The van der Waals surface area contributed by atoms with Crippen molar-refractivity contribution in [3.8, 4) is 0 Å². The van der Waals surface area contributed by atoms with E-state index in [0.29, 0.717) is 18.7 Å². The summed E-state index contributed by atoms with van der Waals surface area (Å²) in [6.07, 6.45) is 4.15. The summed E-state index contributed by atoms with van der Waals surface area (Å²) in [6, 6.07) is -0.427. The molecule has 3 rings (SSSR count). The minimum absolute atomic E-state index is 0.322. The van der Waals surface area contributed by atoms with Crippen LogP contribution in [0, 0.1) is 0 Å². The van der Waals surface area contributed by atoms with Crippen molar-refractivity contribution >= 4 is 29.2 Å². The van der Waals surface area contributed by atoms with E-state index in [1.165, 1.54) is 4.88 Å². The Bertz CT molecular complexity index is 596. The second kappa shape index (κ2) is 5.85. The minimum atomic E-state index is -0.484. The Kier molecular flexibility index (Phi) is 3.92. The number of ether oxygens (including phenoxy) is 1. The molecule has 1 aliphatic heterocycles. The van der Waals surface area contributed by atoms with Crippen LogP contribution in [0.1, 0.15) is 33.6 Å². The fraction of sp³-hybridized carbons (Fsp3) is 0.500. The molecular weight excluding hydrogens is 292 g/mol. The molecule has 1 aromatic heterocycles. The Morgan fingerprint density at radius 2 is 2.14 bits per heavy atom. The van der Waals surface area contributed by atoms with E-state index >= 15 is 0 Å². The molecule has 1 aromatic rings. The largest absolute Gasteiger partial charge is 0.452 e. The topological polar surface area (TPSA) is 75.7 Å². The monoisotopic (exact) mass is 308 g/mol. The minimum Gasteiger partial charge on any atom is -0.452 e. The molecule has 2 heterocycles. The van der Waals surface area contributed by atoms with Crippen LogP contribution in [0.3, 0.4) is 0 Å². The summed E-state index contributed by atoms with van der Waals surface area (Å²) >= 11 is 1.58. The maximum atomic E-state index is 12.1. The van der Waals surface area contributed by atoms with Crippen LogP contribution >= 0.6 is 11.3 Å². The van der Waals surface area contributed by atoms with Crippen molar-refractivity contribution in [1.29, 1.82) is 0 Å². The number of carbonyl (C=O) groups is 3. The third-order valence-corrected chi connectivity index (χ3v) is 4.85. The standard InChI is InChI=1S/C14H16N2O4S/c17-12(16-6-5-15-14(16)19)7-20-13(18)10-8-21-11-4-2-1-3-9(10)11/h8H,1-7H2,(H,15,19). The zero-order valence-corrected chi connectivity index (χ0v) is 12.3. The Morgan fingerprint density at radius 3 is 2.90 bits per heavy atom. The molecule has 6 nitrogen and oxygen atoms in total. The molecule has 0 bridgehead atoms. The van der Waals surface area contributed by atoms with Gasteiger partial charge >= 0.3 is 12.0 Å². The van der Waals surface area contributed by atoms with Crippen molar-refractivity contribution in [2.75, 3.05) is 19.7 Å². The summed E-state index contributed by atoms with van der Waals surface area (Å²) in [4.78, 5) is 37.6. The van der Waals surface area contributed by atoms with Gasteiger partial charge in [0.15, 0.2) is 6.61 Å². The smallest absolute Gasteiger partial charge is 0.339 e. The first-order valence-electron chi connectivity index (χ1n) is 7.01. The molecule has 0 spiro atoms. The highest BCUT2D eigenvalue weighted by atomic mass is 32.1. The van der Waals surface area contributed by atoms with Gasteiger partial charge in [-0.1, -0.05) is 0 Å². The number of hydrogen-bond donors (Lipinski definition) is 1. The number of nitrogens with one attached hydrogen (secondary N) is 1. The molecule has 0 aromatic carbocycles. The second-order valence-corrected chi connectivity index (χ2v) is 6.08. The molecule has 112 valence electrons. The number of fused-ring (bicyclic) bond motifs is 1. The van der Waals surface area contributed by atoms with Gasteiger partial charge in [0, 0.05) is 23.3 Å². The van der Waals surface area contributed by atoms with E-state index in [1.54, 1.807) is 11.3 Å². The van der Waals surface area contributed by atoms with E-state index in [-0.39, 0.29) is 0 Å². The van der Waals surface area contributed by atoms with Gasteiger partial charge in [-0.2, -0.15) is 0 Å². The Balaban J connectivity index is 1.60. The second-order valence-electron chi connectivity index (χ2n) is 5.11. The van der Waals surface area contributed by atoms with Gasteiger partial charge in [0.25, 0.3) is 5.91 Å². The molecule has 0 atom stereocenters. The third kappa shape index (κ3) is 2.78. The van der Waals surface area contributed by atoms with Crippen LogP contribution in [0.15, 0.2) is 5.38 Å². The van der Waals surface area contributed by atoms with Crippen molar-refractivity contribution in [3.63, 3.8) is 0 Å². The highest BCUT2D eigenvalue weighted by Gasteiger charge is 2.27. The van der Waals surface area contributed by atoms with Crippen molar-refractivity contribution in [3.05, 3.63) is 21.4 Å². The van der Waals surface area contributed by atoms with E-state index in [2.05, 4.69) is 5.32 Å². The molecule has 1 N–H and O–H groups in total. The predicted molar refractivity (Wildman–Crippen MR) is 76.4 cm³/mol. The van der Waals surface area contributed by atoms with Crippen molar-refractivity contribution < 1.29 is 19.1 Å².